The molecule has 0 radical (unpaired) electrons. The van der Waals surface area contributed by atoms with Crippen molar-refractivity contribution in [1.82, 2.24) is 15.5 Å². The molecular formula is C19H31N3O6. The normalized spacial score (nSPS) is 17.0. The predicted molar refractivity (Wildman–Crippen MR) is 99.2 cm³/mol. The SMILES string of the molecule is CC(=O)OC(c1nnc(COC2CCC2)o1)C(NC(=O)OC(C)(C)C)C(C)C. The van der Waals surface area contributed by atoms with E-state index in [0.717, 1.165) is 12.8 Å². The van der Waals surface area contributed by atoms with Gasteiger partial charge in [0.05, 0.1) is 12.1 Å². The molecule has 1 aliphatic rings. The highest BCUT2D eigenvalue weighted by atomic mass is 16.6. The second kappa shape index (κ2) is 9.36. The summed E-state index contributed by atoms with van der Waals surface area (Å²) in [5.41, 5.74) is -0.654. The lowest BCUT2D eigenvalue weighted by Gasteiger charge is -2.29. The van der Waals surface area contributed by atoms with Crippen LogP contribution in [0.5, 0.6) is 0 Å². The molecule has 2 rings (SSSR count). The van der Waals surface area contributed by atoms with Crippen LogP contribution in [0.2, 0.25) is 0 Å². The lowest BCUT2D eigenvalue weighted by Crippen LogP contribution is -2.46. The van der Waals surface area contributed by atoms with Crippen molar-refractivity contribution in [3.05, 3.63) is 11.8 Å². The minimum absolute atomic E-state index is 0.0987. The van der Waals surface area contributed by atoms with Gasteiger partial charge < -0.3 is 23.9 Å². The summed E-state index contributed by atoms with van der Waals surface area (Å²) in [5, 5.41) is 10.7. The highest BCUT2D eigenvalue weighted by Gasteiger charge is 2.35. The molecular weight excluding hydrogens is 366 g/mol. The predicted octanol–water partition coefficient (Wildman–Crippen LogP) is 3.29. The van der Waals surface area contributed by atoms with Crippen LogP contribution in [-0.2, 0) is 25.6 Å². The van der Waals surface area contributed by atoms with Crippen molar-refractivity contribution in [2.24, 2.45) is 5.92 Å². The van der Waals surface area contributed by atoms with Crippen LogP contribution in [-0.4, -0.2) is 40.0 Å². The molecule has 0 bridgehead atoms. The Kier molecular flexibility index (Phi) is 7.40. The standard InChI is InChI=1S/C19H31N3O6/c1-11(2)15(20-18(24)28-19(4,5)6)16(26-12(3)23)17-22-21-14(27-17)10-25-13-8-7-9-13/h11,13,15-16H,7-10H2,1-6H3,(H,20,24). The first-order chi connectivity index (χ1) is 13.0. The van der Waals surface area contributed by atoms with Crippen molar-refractivity contribution in [3.63, 3.8) is 0 Å². The molecule has 28 heavy (non-hydrogen) atoms. The van der Waals surface area contributed by atoms with E-state index in [1.54, 1.807) is 20.8 Å². The van der Waals surface area contributed by atoms with E-state index in [4.69, 9.17) is 18.6 Å². The third-order valence-electron chi connectivity index (χ3n) is 4.24. The Morgan fingerprint density at radius 2 is 1.93 bits per heavy atom. The van der Waals surface area contributed by atoms with Crippen LogP contribution in [0.3, 0.4) is 0 Å². The maximum atomic E-state index is 12.3. The zero-order valence-electron chi connectivity index (χ0n) is 17.5. The maximum Gasteiger partial charge on any atom is 0.408 e. The van der Waals surface area contributed by atoms with Gasteiger partial charge in [-0.15, -0.1) is 10.2 Å². The Balaban J connectivity index is 2.13. The first-order valence-electron chi connectivity index (χ1n) is 9.65. The average Bonchev–Trinajstić information content (AvgIpc) is 2.95. The van der Waals surface area contributed by atoms with Gasteiger partial charge in [-0.05, 0) is 46.0 Å². The largest absolute Gasteiger partial charge is 0.450 e. The molecule has 2 unspecified atom stereocenters. The molecule has 1 N–H and O–H groups in total. The molecule has 9 nitrogen and oxygen atoms in total. The summed E-state index contributed by atoms with van der Waals surface area (Å²) in [7, 11) is 0. The second-order valence-electron chi connectivity index (χ2n) is 8.34. The summed E-state index contributed by atoms with van der Waals surface area (Å²) in [6.45, 7) is 10.6. The van der Waals surface area contributed by atoms with E-state index >= 15 is 0 Å². The molecule has 1 aliphatic carbocycles. The minimum Gasteiger partial charge on any atom is -0.450 e. The Hall–Kier alpha value is -2.16. The molecule has 1 aromatic rings. The van der Waals surface area contributed by atoms with E-state index in [9.17, 15) is 9.59 Å². The Bertz CT molecular complexity index is 663. The molecule has 0 aromatic carbocycles. The van der Waals surface area contributed by atoms with Gasteiger partial charge in [0.15, 0.2) is 6.10 Å². The monoisotopic (exact) mass is 397 g/mol. The topological polar surface area (TPSA) is 113 Å². The van der Waals surface area contributed by atoms with E-state index in [-0.39, 0.29) is 24.5 Å². The number of esters is 1. The molecule has 1 amide bonds. The number of hydrogen-bond acceptors (Lipinski definition) is 8. The van der Waals surface area contributed by atoms with Gasteiger partial charge in [0.1, 0.15) is 12.2 Å². The fourth-order valence-electron chi connectivity index (χ4n) is 2.66. The van der Waals surface area contributed by atoms with Gasteiger partial charge >= 0.3 is 12.1 Å². The summed E-state index contributed by atoms with van der Waals surface area (Å²) < 4.78 is 22.1. The van der Waals surface area contributed by atoms with E-state index in [1.165, 1.54) is 13.3 Å². The first-order valence-corrected chi connectivity index (χ1v) is 9.65. The van der Waals surface area contributed by atoms with E-state index < -0.39 is 29.8 Å². The number of nitrogens with zero attached hydrogens (tertiary/aromatic N) is 2. The van der Waals surface area contributed by atoms with Crippen LogP contribution < -0.4 is 5.32 Å². The van der Waals surface area contributed by atoms with Crippen LogP contribution >= 0.6 is 0 Å². The Morgan fingerprint density at radius 3 is 2.43 bits per heavy atom. The maximum absolute atomic E-state index is 12.3. The van der Waals surface area contributed by atoms with Crippen molar-refractivity contribution in [2.75, 3.05) is 0 Å². The number of ether oxygens (including phenoxy) is 3. The van der Waals surface area contributed by atoms with Crippen molar-refractivity contribution in [3.8, 4) is 0 Å². The molecule has 1 aromatic heterocycles. The van der Waals surface area contributed by atoms with Crippen LogP contribution in [0.25, 0.3) is 0 Å². The molecule has 1 heterocycles. The number of aromatic nitrogens is 2. The molecule has 0 saturated heterocycles. The number of amides is 1. The summed E-state index contributed by atoms with van der Waals surface area (Å²) in [5.74, 6) is -0.207. The zero-order chi connectivity index (χ0) is 20.9. The number of nitrogens with one attached hydrogen (secondary N) is 1. The van der Waals surface area contributed by atoms with Crippen LogP contribution in [0.4, 0.5) is 4.79 Å². The van der Waals surface area contributed by atoms with Crippen molar-refractivity contribution in [1.29, 1.82) is 0 Å². The molecule has 1 fully saturated rings. The molecule has 2 atom stereocenters. The van der Waals surface area contributed by atoms with Gasteiger partial charge in [0.25, 0.3) is 5.89 Å². The van der Waals surface area contributed by atoms with Gasteiger partial charge in [-0.25, -0.2) is 4.79 Å². The quantitative estimate of drug-likeness (QED) is 0.665. The number of carbonyl (C=O) groups excluding carboxylic acids is 2. The van der Waals surface area contributed by atoms with Crippen LogP contribution in [0, 0.1) is 5.92 Å². The molecule has 158 valence electrons. The summed E-state index contributed by atoms with van der Waals surface area (Å²) >= 11 is 0. The molecule has 0 aliphatic heterocycles. The summed E-state index contributed by atoms with van der Waals surface area (Å²) in [4.78, 5) is 23.9. The molecule has 9 heteroatoms. The fraction of sp³-hybridized carbons (Fsp3) is 0.789. The third-order valence-corrected chi connectivity index (χ3v) is 4.24. The lowest BCUT2D eigenvalue weighted by atomic mass is 9.96. The van der Waals surface area contributed by atoms with Gasteiger partial charge in [-0.2, -0.15) is 0 Å². The second-order valence-corrected chi connectivity index (χ2v) is 8.34. The van der Waals surface area contributed by atoms with Gasteiger partial charge in [0.2, 0.25) is 5.89 Å². The number of carbonyl (C=O) groups is 2. The minimum atomic E-state index is -0.935. The Labute approximate surface area is 165 Å². The van der Waals surface area contributed by atoms with E-state index in [1.807, 2.05) is 13.8 Å². The number of hydrogen-bond donors (Lipinski definition) is 1. The molecule has 0 spiro atoms. The highest BCUT2D eigenvalue weighted by Crippen LogP contribution is 2.27. The Morgan fingerprint density at radius 1 is 1.25 bits per heavy atom. The van der Waals surface area contributed by atoms with Gasteiger partial charge in [0, 0.05) is 6.92 Å². The summed E-state index contributed by atoms with van der Waals surface area (Å²) in [6, 6.07) is -0.611. The molecule has 1 saturated carbocycles. The van der Waals surface area contributed by atoms with Crippen molar-refractivity contribution < 1.29 is 28.2 Å². The summed E-state index contributed by atoms with van der Waals surface area (Å²) in [6.07, 6.45) is 1.92. The van der Waals surface area contributed by atoms with E-state index in [0.29, 0.717) is 5.89 Å². The van der Waals surface area contributed by atoms with Gasteiger partial charge in [-0.1, -0.05) is 13.8 Å². The van der Waals surface area contributed by atoms with Crippen molar-refractivity contribution in [2.45, 2.75) is 91.3 Å². The number of rotatable bonds is 8. The van der Waals surface area contributed by atoms with Crippen LogP contribution in [0.1, 0.15) is 78.7 Å². The average molecular weight is 397 g/mol. The zero-order valence-corrected chi connectivity index (χ0v) is 17.5. The number of alkyl carbamates (subject to hydrolysis) is 1. The van der Waals surface area contributed by atoms with Crippen molar-refractivity contribution >= 4 is 12.1 Å². The first kappa shape index (κ1) is 22.1. The highest BCUT2D eigenvalue weighted by molar-refractivity contribution is 5.69. The third kappa shape index (κ3) is 6.78. The smallest absolute Gasteiger partial charge is 0.408 e. The lowest BCUT2D eigenvalue weighted by molar-refractivity contribution is -0.150. The van der Waals surface area contributed by atoms with E-state index in [2.05, 4.69) is 15.5 Å². The van der Waals surface area contributed by atoms with Crippen LogP contribution in [0.15, 0.2) is 4.42 Å². The van der Waals surface area contributed by atoms with Gasteiger partial charge in [-0.3, -0.25) is 4.79 Å². The fourth-order valence-corrected chi connectivity index (χ4v) is 2.66.